The molecule has 1 aromatic carbocycles. The van der Waals surface area contributed by atoms with Gasteiger partial charge in [-0.3, -0.25) is 9.69 Å². The molecule has 1 saturated heterocycles. The van der Waals surface area contributed by atoms with Crippen molar-refractivity contribution in [1.82, 2.24) is 14.5 Å². The van der Waals surface area contributed by atoms with Gasteiger partial charge in [0.25, 0.3) is 0 Å². The predicted molar refractivity (Wildman–Crippen MR) is 91.0 cm³/mol. The van der Waals surface area contributed by atoms with Gasteiger partial charge in [-0.05, 0) is 43.0 Å². The number of hydrogen-bond acceptors (Lipinski definition) is 3. The highest BCUT2D eigenvalue weighted by Crippen LogP contribution is 2.20. The zero-order chi connectivity index (χ0) is 16.1. The second-order valence-corrected chi connectivity index (χ2v) is 6.38. The number of piperidine rings is 1. The molecule has 3 rings (SSSR count). The Kier molecular flexibility index (Phi) is 5.08. The molecule has 1 amide bonds. The standard InChI is InChI=1S/C18H24N4O/c1-15(23)20-18-6-4-16(5-7-18)11-21-9-2-3-17(12-21)13-22-10-8-19-14-22/h4-8,10,14,17H,2-3,9,11-13H2,1H3,(H,20,23)/t17-/m1/s1. The first-order chi connectivity index (χ1) is 11.2. The Bertz CT molecular complexity index is 621. The number of benzene rings is 1. The molecule has 0 radical (unpaired) electrons. The van der Waals surface area contributed by atoms with E-state index in [9.17, 15) is 4.79 Å². The van der Waals surface area contributed by atoms with E-state index in [-0.39, 0.29) is 5.91 Å². The van der Waals surface area contributed by atoms with Crippen LogP contribution in [0.3, 0.4) is 0 Å². The van der Waals surface area contributed by atoms with Crippen molar-refractivity contribution in [3.8, 4) is 0 Å². The summed E-state index contributed by atoms with van der Waals surface area (Å²) in [7, 11) is 0. The number of carbonyl (C=O) groups excluding carboxylic acids is 1. The average molecular weight is 312 g/mol. The van der Waals surface area contributed by atoms with Crippen LogP contribution in [0.2, 0.25) is 0 Å². The van der Waals surface area contributed by atoms with E-state index < -0.39 is 0 Å². The number of anilines is 1. The summed E-state index contributed by atoms with van der Waals surface area (Å²) in [5.74, 6) is 0.660. The maximum absolute atomic E-state index is 11.1. The minimum atomic E-state index is -0.0314. The Morgan fingerprint density at radius 1 is 1.35 bits per heavy atom. The lowest BCUT2D eigenvalue weighted by atomic mass is 9.97. The molecule has 5 heteroatoms. The van der Waals surface area contributed by atoms with Crippen molar-refractivity contribution >= 4 is 11.6 Å². The fourth-order valence-corrected chi connectivity index (χ4v) is 3.29. The molecule has 0 spiro atoms. The number of likely N-dealkylation sites (tertiary alicyclic amines) is 1. The fourth-order valence-electron chi connectivity index (χ4n) is 3.29. The monoisotopic (exact) mass is 312 g/mol. The van der Waals surface area contributed by atoms with Crippen molar-refractivity contribution in [2.75, 3.05) is 18.4 Å². The maximum atomic E-state index is 11.1. The molecule has 1 fully saturated rings. The SMILES string of the molecule is CC(=O)Nc1ccc(CN2CCC[C@@H](Cn3ccnc3)C2)cc1. The molecule has 1 aliphatic heterocycles. The van der Waals surface area contributed by atoms with Gasteiger partial charge in [-0.1, -0.05) is 12.1 Å². The van der Waals surface area contributed by atoms with Crippen LogP contribution in [0.1, 0.15) is 25.3 Å². The largest absolute Gasteiger partial charge is 0.337 e. The number of amides is 1. The fraction of sp³-hybridized carbons (Fsp3) is 0.444. The molecule has 5 nitrogen and oxygen atoms in total. The van der Waals surface area contributed by atoms with Gasteiger partial charge in [0.2, 0.25) is 5.91 Å². The summed E-state index contributed by atoms with van der Waals surface area (Å²) in [4.78, 5) is 17.7. The van der Waals surface area contributed by atoms with Gasteiger partial charge in [-0.15, -0.1) is 0 Å². The van der Waals surface area contributed by atoms with Gasteiger partial charge in [-0.2, -0.15) is 0 Å². The number of carbonyl (C=O) groups is 1. The van der Waals surface area contributed by atoms with Crippen molar-refractivity contribution in [3.63, 3.8) is 0 Å². The zero-order valence-electron chi connectivity index (χ0n) is 13.6. The molecule has 0 aliphatic carbocycles. The predicted octanol–water partition coefficient (Wildman–Crippen LogP) is 2.75. The van der Waals surface area contributed by atoms with Crippen LogP contribution >= 0.6 is 0 Å². The Morgan fingerprint density at radius 2 is 2.17 bits per heavy atom. The average Bonchev–Trinajstić information content (AvgIpc) is 3.02. The van der Waals surface area contributed by atoms with Crippen molar-refractivity contribution in [2.24, 2.45) is 5.92 Å². The highest BCUT2D eigenvalue weighted by atomic mass is 16.1. The lowest BCUT2D eigenvalue weighted by Crippen LogP contribution is -2.36. The van der Waals surface area contributed by atoms with Gasteiger partial charge in [0, 0.05) is 44.6 Å². The number of hydrogen-bond donors (Lipinski definition) is 1. The highest BCUT2D eigenvalue weighted by molar-refractivity contribution is 5.88. The third-order valence-corrected chi connectivity index (χ3v) is 4.31. The van der Waals surface area contributed by atoms with Crippen LogP contribution in [0.4, 0.5) is 5.69 Å². The van der Waals surface area contributed by atoms with Gasteiger partial charge in [0.15, 0.2) is 0 Å². The summed E-state index contributed by atoms with van der Waals surface area (Å²) in [5, 5.41) is 2.81. The number of nitrogens with one attached hydrogen (secondary N) is 1. The molecule has 2 heterocycles. The summed E-state index contributed by atoms with van der Waals surface area (Å²) in [6.07, 6.45) is 8.33. The van der Waals surface area contributed by atoms with Gasteiger partial charge in [0.05, 0.1) is 6.33 Å². The zero-order valence-corrected chi connectivity index (χ0v) is 13.6. The van der Waals surface area contributed by atoms with Crippen LogP contribution < -0.4 is 5.32 Å². The molecule has 122 valence electrons. The molecular weight excluding hydrogens is 288 g/mol. The van der Waals surface area contributed by atoms with Crippen LogP contribution in [0.15, 0.2) is 43.0 Å². The minimum absolute atomic E-state index is 0.0314. The number of imidazole rings is 1. The lowest BCUT2D eigenvalue weighted by Gasteiger charge is -2.33. The Balaban J connectivity index is 1.53. The molecular formula is C18H24N4O. The normalized spacial score (nSPS) is 18.7. The van der Waals surface area contributed by atoms with E-state index >= 15 is 0 Å². The van der Waals surface area contributed by atoms with Crippen LogP contribution in [-0.2, 0) is 17.9 Å². The summed E-state index contributed by atoms with van der Waals surface area (Å²) in [6, 6.07) is 8.16. The first kappa shape index (κ1) is 15.7. The van der Waals surface area contributed by atoms with Crippen LogP contribution in [0.25, 0.3) is 0 Å². The lowest BCUT2D eigenvalue weighted by molar-refractivity contribution is -0.114. The molecule has 1 atom stereocenters. The molecule has 0 saturated carbocycles. The Hall–Kier alpha value is -2.14. The van der Waals surface area contributed by atoms with Gasteiger partial charge in [-0.25, -0.2) is 4.98 Å². The van der Waals surface area contributed by atoms with Crippen molar-refractivity contribution in [2.45, 2.75) is 32.9 Å². The van der Waals surface area contributed by atoms with E-state index in [1.54, 1.807) is 0 Å². The maximum Gasteiger partial charge on any atom is 0.221 e. The second kappa shape index (κ2) is 7.42. The second-order valence-electron chi connectivity index (χ2n) is 6.38. The van der Waals surface area contributed by atoms with Gasteiger partial charge >= 0.3 is 0 Å². The van der Waals surface area contributed by atoms with Crippen molar-refractivity contribution in [3.05, 3.63) is 48.5 Å². The third kappa shape index (κ3) is 4.66. The molecule has 2 aromatic rings. The minimum Gasteiger partial charge on any atom is -0.337 e. The quantitative estimate of drug-likeness (QED) is 0.923. The molecule has 0 unspecified atom stereocenters. The first-order valence-electron chi connectivity index (χ1n) is 8.23. The Morgan fingerprint density at radius 3 is 2.87 bits per heavy atom. The highest BCUT2D eigenvalue weighted by Gasteiger charge is 2.20. The summed E-state index contributed by atoms with van der Waals surface area (Å²) in [6.45, 7) is 5.85. The van der Waals surface area contributed by atoms with Gasteiger partial charge in [0.1, 0.15) is 0 Å². The molecule has 1 aromatic heterocycles. The summed E-state index contributed by atoms with van der Waals surface area (Å²) in [5.41, 5.74) is 2.15. The molecule has 0 bridgehead atoms. The van der Waals surface area contributed by atoms with Gasteiger partial charge < -0.3 is 9.88 Å². The number of aromatic nitrogens is 2. The topological polar surface area (TPSA) is 50.2 Å². The van der Waals surface area contributed by atoms with Crippen LogP contribution in [0.5, 0.6) is 0 Å². The van der Waals surface area contributed by atoms with E-state index in [1.165, 1.54) is 25.3 Å². The summed E-state index contributed by atoms with van der Waals surface area (Å²) < 4.78 is 2.18. The van der Waals surface area contributed by atoms with E-state index in [2.05, 4.69) is 31.9 Å². The van der Waals surface area contributed by atoms with Crippen LogP contribution in [0, 0.1) is 5.92 Å². The first-order valence-corrected chi connectivity index (χ1v) is 8.23. The van der Waals surface area contributed by atoms with E-state index in [0.717, 1.165) is 31.9 Å². The Labute approximate surface area is 137 Å². The molecule has 23 heavy (non-hydrogen) atoms. The smallest absolute Gasteiger partial charge is 0.221 e. The third-order valence-electron chi connectivity index (χ3n) is 4.31. The molecule has 1 N–H and O–H groups in total. The summed E-state index contributed by atoms with van der Waals surface area (Å²) >= 11 is 0. The van der Waals surface area contributed by atoms with Crippen molar-refractivity contribution in [1.29, 1.82) is 0 Å². The molecule has 1 aliphatic rings. The van der Waals surface area contributed by atoms with E-state index in [1.807, 2.05) is 30.9 Å². The number of nitrogens with zero attached hydrogens (tertiary/aromatic N) is 3. The van der Waals surface area contributed by atoms with E-state index in [0.29, 0.717) is 5.92 Å². The number of rotatable bonds is 5. The van der Waals surface area contributed by atoms with Crippen LogP contribution in [-0.4, -0.2) is 33.4 Å². The van der Waals surface area contributed by atoms with Crippen molar-refractivity contribution < 1.29 is 4.79 Å². The van der Waals surface area contributed by atoms with E-state index in [4.69, 9.17) is 0 Å².